The Hall–Kier alpha value is -2.25. The molecular weight excluding hydrogens is 337 g/mol. The first-order valence-corrected chi connectivity index (χ1v) is 8.86. The lowest BCUT2D eigenvalue weighted by atomic mass is 10.1. The molecule has 0 spiro atoms. The summed E-state index contributed by atoms with van der Waals surface area (Å²) >= 11 is 0. The van der Waals surface area contributed by atoms with Gasteiger partial charge in [0.05, 0.1) is 25.7 Å². The highest BCUT2D eigenvalue weighted by molar-refractivity contribution is 5.76. The Morgan fingerprint density at radius 2 is 2.23 bits per heavy atom. The maximum absolute atomic E-state index is 13.8. The number of carbonyl (C=O) groups is 1. The van der Waals surface area contributed by atoms with Crippen LogP contribution in [0.4, 0.5) is 4.39 Å². The van der Waals surface area contributed by atoms with Crippen LogP contribution in [-0.4, -0.2) is 47.8 Å². The Kier molecular flexibility index (Phi) is 6.00. The zero-order valence-electron chi connectivity index (χ0n) is 15.1. The van der Waals surface area contributed by atoms with E-state index < -0.39 is 0 Å². The number of benzene rings is 1. The summed E-state index contributed by atoms with van der Waals surface area (Å²) in [6, 6.07) is 8.44. The molecule has 0 unspecified atom stereocenters. The van der Waals surface area contributed by atoms with E-state index in [0.29, 0.717) is 36.1 Å². The number of rotatable bonds is 6. The normalized spacial score (nSPS) is 18.2. The van der Waals surface area contributed by atoms with E-state index in [1.807, 2.05) is 0 Å². The summed E-state index contributed by atoms with van der Waals surface area (Å²) in [5, 5.41) is 6.68. The minimum absolute atomic E-state index is 0.102. The number of aromatic nitrogens is 1. The highest BCUT2D eigenvalue weighted by atomic mass is 19.1. The van der Waals surface area contributed by atoms with E-state index in [4.69, 9.17) is 9.26 Å². The molecule has 0 saturated carbocycles. The summed E-state index contributed by atoms with van der Waals surface area (Å²) in [5.41, 5.74) is 0.786. The SMILES string of the molecule is CC(C)N1CCO[C@@H](CC(=O)NCc2cc(-c3ccccc3F)no2)C1. The molecule has 0 radical (unpaired) electrons. The molecule has 1 saturated heterocycles. The Morgan fingerprint density at radius 1 is 1.42 bits per heavy atom. The van der Waals surface area contributed by atoms with Crippen molar-refractivity contribution in [2.75, 3.05) is 19.7 Å². The summed E-state index contributed by atoms with van der Waals surface area (Å²) in [5.74, 6) is 0.00922. The predicted octanol–water partition coefficient (Wildman–Crippen LogP) is 2.60. The fraction of sp³-hybridized carbons (Fsp3) is 0.474. The zero-order valence-corrected chi connectivity index (χ0v) is 15.1. The predicted molar refractivity (Wildman–Crippen MR) is 94.8 cm³/mol. The monoisotopic (exact) mass is 361 g/mol. The van der Waals surface area contributed by atoms with Crippen LogP contribution in [0.2, 0.25) is 0 Å². The van der Waals surface area contributed by atoms with Gasteiger partial charge in [0.25, 0.3) is 0 Å². The summed E-state index contributed by atoms with van der Waals surface area (Å²) in [7, 11) is 0. The third kappa shape index (κ3) is 4.68. The molecule has 140 valence electrons. The molecule has 2 heterocycles. The molecule has 0 aliphatic carbocycles. The second kappa shape index (κ2) is 8.42. The molecular formula is C19H24FN3O3. The smallest absolute Gasteiger partial charge is 0.223 e. The van der Waals surface area contributed by atoms with Gasteiger partial charge in [-0.15, -0.1) is 0 Å². The highest BCUT2D eigenvalue weighted by Gasteiger charge is 2.24. The van der Waals surface area contributed by atoms with Gasteiger partial charge < -0.3 is 14.6 Å². The van der Waals surface area contributed by atoms with Crippen LogP contribution in [0.5, 0.6) is 0 Å². The van der Waals surface area contributed by atoms with Gasteiger partial charge in [0.2, 0.25) is 5.91 Å². The number of nitrogens with one attached hydrogen (secondary N) is 1. The highest BCUT2D eigenvalue weighted by Crippen LogP contribution is 2.22. The van der Waals surface area contributed by atoms with Gasteiger partial charge in [-0.05, 0) is 26.0 Å². The summed E-state index contributed by atoms with van der Waals surface area (Å²) < 4.78 is 24.6. The molecule has 1 aliphatic rings. The van der Waals surface area contributed by atoms with Crippen molar-refractivity contribution in [2.45, 2.75) is 39.0 Å². The third-order valence-electron chi connectivity index (χ3n) is 4.48. The van der Waals surface area contributed by atoms with E-state index in [1.165, 1.54) is 6.07 Å². The van der Waals surface area contributed by atoms with Gasteiger partial charge in [-0.3, -0.25) is 9.69 Å². The molecule has 7 heteroatoms. The Labute approximate surface area is 152 Å². The Bertz CT molecular complexity index is 747. The zero-order chi connectivity index (χ0) is 18.5. The fourth-order valence-corrected chi connectivity index (χ4v) is 2.99. The average molecular weight is 361 g/mol. The molecule has 1 amide bonds. The second-order valence-corrected chi connectivity index (χ2v) is 6.72. The second-order valence-electron chi connectivity index (χ2n) is 6.72. The van der Waals surface area contributed by atoms with Gasteiger partial charge in [0.15, 0.2) is 5.76 Å². The van der Waals surface area contributed by atoms with Gasteiger partial charge in [-0.1, -0.05) is 17.3 Å². The van der Waals surface area contributed by atoms with Crippen molar-refractivity contribution in [2.24, 2.45) is 0 Å². The molecule has 1 N–H and O–H groups in total. The van der Waals surface area contributed by atoms with Crippen molar-refractivity contribution in [1.82, 2.24) is 15.4 Å². The van der Waals surface area contributed by atoms with Gasteiger partial charge in [0.1, 0.15) is 11.5 Å². The number of ether oxygens (including phenoxy) is 1. The van der Waals surface area contributed by atoms with Crippen molar-refractivity contribution in [3.63, 3.8) is 0 Å². The first kappa shape index (κ1) is 18.5. The average Bonchev–Trinajstić information content (AvgIpc) is 3.09. The Morgan fingerprint density at radius 3 is 3.00 bits per heavy atom. The van der Waals surface area contributed by atoms with Crippen LogP contribution in [0, 0.1) is 5.82 Å². The first-order chi connectivity index (χ1) is 12.5. The summed E-state index contributed by atoms with van der Waals surface area (Å²) in [6.45, 7) is 6.78. The molecule has 26 heavy (non-hydrogen) atoms. The van der Waals surface area contributed by atoms with E-state index in [-0.39, 0.29) is 24.4 Å². The first-order valence-electron chi connectivity index (χ1n) is 8.86. The van der Waals surface area contributed by atoms with E-state index in [9.17, 15) is 9.18 Å². The van der Waals surface area contributed by atoms with Gasteiger partial charge >= 0.3 is 0 Å². The fourth-order valence-electron chi connectivity index (χ4n) is 2.99. The number of morpholine rings is 1. The maximum atomic E-state index is 13.8. The molecule has 2 aromatic rings. The minimum atomic E-state index is -0.361. The van der Waals surface area contributed by atoms with E-state index >= 15 is 0 Å². The van der Waals surface area contributed by atoms with Crippen molar-refractivity contribution in [1.29, 1.82) is 0 Å². The maximum Gasteiger partial charge on any atom is 0.223 e. The molecule has 1 atom stereocenters. The van der Waals surface area contributed by atoms with Crippen molar-refractivity contribution in [3.05, 3.63) is 41.9 Å². The number of hydrogen-bond acceptors (Lipinski definition) is 5. The Balaban J connectivity index is 1.50. The van der Waals surface area contributed by atoms with Crippen LogP contribution in [-0.2, 0) is 16.1 Å². The molecule has 1 aromatic carbocycles. The third-order valence-corrected chi connectivity index (χ3v) is 4.48. The molecule has 6 nitrogen and oxygen atoms in total. The lowest BCUT2D eigenvalue weighted by Crippen LogP contribution is -2.47. The lowest BCUT2D eigenvalue weighted by molar-refractivity contribution is -0.126. The van der Waals surface area contributed by atoms with Crippen LogP contribution in [0.25, 0.3) is 11.3 Å². The molecule has 1 aliphatic heterocycles. The summed E-state index contributed by atoms with van der Waals surface area (Å²) in [6.07, 6.45) is 0.201. The quantitative estimate of drug-likeness (QED) is 0.857. The van der Waals surface area contributed by atoms with Gasteiger partial charge in [-0.25, -0.2) is 4.39 Å². The number of halogens is 1. The largest absolute Gasteiger partial charge is 0.375 e. The van der Waals surface area contributed by atoms with Crippen LogP contribution in [0.1, 0.15) is 26.0 Å². The topological polar surface area (TPSA) is 67.6 Å². The van der Waals surface area contributed by atoms with Crippen LogP contribution in [0.3, 0.4) is 0 Å². The van der Waals surface area contributed by atoms with Gasteiger partial charge in [0, 0.05) is 30.8 Å². The molecule has 3 rings (SSSR count). The van der Waals surface area contributed by atoms with E-state index in [0.717, 1.165) is 13.1 Å². The van der Waals surface area contributed by atoms with Crippen molar-refractivity contribution >= 4 is 5.91 Å². The van der Waals surface area contributed by atoms with E-state index in [1.54, 1.807) is 24.3 Å². The van der Waals surface area contributed by atoms with Gasteiger partial charge in [-0.2, -0.15) is 0 Å². The molecule has 1 aromatic heterocycles. The number of amides is 1. The van der Waals surface area contributed by atoms with Crippen molar-refractivity contribution < 1.29 is 18.4 Å². The van der Waals surface area contributed by atoms with Crippen LogP contribution < -0.4 is 5.32 Å². The summed E-state index contributed by atoms with van der Waals surface area (Å²) in [4.78, 5) is 14.5. The number of nitrogens with zero attached hydrogens (tertiary/aromatic N) is 2. The minimum Gasteiger partial charge on any atom is -0.375 e. The van der Waals surface area contributed by atoms with E-state index in [2.05, 4.69) is 29.2 Å². The number of hydrogen-bond donors (Lipinski definition) is 1. The standard InChI is InChI=1S/C19H24FN3O3/c1-13(2)23-7-8-25-15(12-23)10-19(24)21-11-14-9-18(22-26-14)16-5-3-4-6-17(16)20/h3-6,9,13,15H,7-8,10-12H2,1-2H3,(H,21,24)/t15-/m0/s1. The molecule has 0 bridgehead atoms. The van der Waals surface area contributed by atoms with Crippen LogP contribution >= 0.6 is 0 Å². The lowest BCUT2D eigenvalue weighted by Gasteiger charge is -2.35. The van der Waals surface area contributed by atoms with Crippen molar-refractivity contribution in [3.8, 4) is 11.3 Å². The van der Waals surface area contributed by atoms with Crippen LogP contribution in [0.15, 0.2) is 34.9 Å². The molecule has 1 fully saturated rings. The number of carbonyl (C=O) groups excluding carboxylic acids is 1.